The number of hydrogen-bond acceptors (Lipinski definition) is 2. The molecule has 0 aromatic heterocycles. The SMILES string of the molecule is CC[C@H](O)c1ccccc1N(C)Cc1cccc(Br)c1. The predicted molar refractivity (Wildman–Crippen MR) is 87.9 cm³/mol. The smallest absolute Gasteiger partial charge is 0.0807 e. The Balaban J connectivity index is 2.23. The van der Waals surface area contributed by atoms with Gasteiger partial charge in [0, 0.05) is 29.3 Å². The Kier molecular flexibility index (Phi) is 5.21. The van der Waals surface area contributed by atoms with Crippen LogP contribution in [0.4, 0.5) is 5.69 Å². The van der Waals surface area contributed by atoms with Crippen LogP contribution < -0.4 is 4.90 Å². The Morgan fingerprint density at radius 2 is 1.90 bits per heavy atom. The number of hydrogen-bond donors (Lipinski definition) is 1. The number of rotatable bonds is 5. The molecule has 1 atom stereocenters. The Morgan fingerprint density at radius 3 is 2.60 bits per heavy atom. The van der Waals surface area contributed by atoms with Gasteiger partial charge in [-0.2, -0.15) is 0 Å². The molecule has 0 aliphatic rings. The summed E-state index contributed by atoms with van der Waals surface area (Å²) in [5.41, 5.74) is 3.32. The zero-order valence-corrected chi connectivity index (χ0v) is 13.5. The van der Waals surface area contributed by atoms with Crippen molar-refractivity contribution in [1.29, 1.82) is 0 Å². The summed E-state index contributed by atoms with van der Waals surface area (Å²) in [5.74, 6) is 0. The molecule has 2 aromatic carbocycles. The molecule has 0 fully saturated rings. The van der Waals surface area contributed by atoms with Crippen LogP contribution in [0, 0.1) is 0 Å². The van der Waals surface area contributed by atoms with Gasteiger partial charge in [0.05, 0.1) is 6.10 Å². The van der Waals surface area contributed by atoms with Crippen LogP contribution in [0.15, 0.2) is 53.0 Å². The Morgan fingerprint density at radius 1 is 1.15 bits per heavy atom. The van der Waals surface area contributed by atoms with Gasteiger partial charge in [0.15, 0.2) is 0 Å². The van der Waals surface area contributed by atoms with Gasteiger partial charge in [-0.1, -0.05) is 53.2 Å². The van der Waals surface area contributed by atoms with Gasteiger partial charge in [-0.05, 0) is 30.2 Å². The molecule has 0 bridgehead atoms. The molecule has 0 radical (unpaired) electrons. The number of halogens is 1. The third-order valence-corrected chi connectivity index (χ3v) is 3.90. The van der Waals surface area contributed by atoms with Crippen molar-refractivity contribution in [3.05, 3.63) is 64.1 Å². The number of anilines is 1. The van der Waals surface area contributed by atoms with E-state index >= 15 is 0 Å². The topological polar surface area (TPSA) is 23.5 Å². The summed E-state index contributed by atoms with van der Waals surface area (Å²) in [7, 11) is 2.06. The van der Waals surface area contributed by atoms with Crippen molar-refractivity contribution in [3.8, 4) is 0 Å². The normalized spacial score (nSPS) is 12.2. The van der Waals surface area contributed by atoms with Gasteiger partial charge in [0.1, 0.15) is 0 Å². The van der Waals surface area contributed by atoms with Gasteiger partial charge < -0.3 is 10.0 Å². The maximum atomic E-state index is 10.1. The monoisotopic (exact) mass is 333 g/mol. The highest BCUT2D eigenvalue weighted by molar-refractivity contribution is 9.10. The minimum absolute atomic E-state index is 0.406. The predicted octanol–water partition coefficient (Wildman–Crippen LogP) is 4.53. The highest BCUT2D eigenvalue weighted by Crippen LogP contribution is 2.28. The highest BCUT2D eigenvalue weighted by Gasteiger charge is 2.13. The van der Waals surface area contributed by atoms with Gasteiger partial charge in [0.25, 0.3) is 0 Å². The van der Waals surface area contributed by atoms with E-state index in [0.717, 1.165) is 28.7 Å². The fourth-order valence-corrected chi connectivity index (χ4v) is 2.78. The second-order valence-electron chi connectivity index (χ2n) is 4.97. The Hall–Kier alpha value is -1.32. The molecule has 0 unspecified atom stereocenters. The van der Waals surface area contributed by atoms with Crippen LogP contribution in [0.3, 0.4) is 0 Å². The summed E-state index contributed by atoms with van der Waals surface area (Å²) in [4.78, 5) is 2.18. The van der Waals surface area contributed by atoms with Crippen LogP contribution >= 0.6 is 15.9 Å². The molecule has 0 aliphatic heterocycles. The molecule has 0 aliphatic carbocycles. The Bertz CT molecular complexity index is 570. The number of aliphatic hydroxyl groups is 1. The summed E-state index contributed by atoms with van der Waals surface area (Å²) < 4.78 is 1.09. The minimum Gasteiger partial charge on any atom is -0.388 e. The molecule has 2 rings (SSSR count). The molecule has 20 heavy (non-hydrogen) atoms. The summed E-state index contributed by atoms with van der Waals surface area (Å²) in [6, 6.07) is 16.4. The maximum absolute atomic E-state index is 10.1. The first-order chi connectivity index (χ1) is 9.61. The largest absolute Gasteiger partial charge is 0.388 e. The van der Waals surface area contributed by atoms with E-state index in [1.807, 2.05) is 37.3 Å². The lowest BCUT2D eigenvalue weighted by Gasteiger charge is -2.24. The minimum atomic E-state index is -0.406. The maximum Gasteiger partial charge on any atom is 0.0807 e. The molecule has 3 heteroatoms. The van der Waals surface area contributed by atoms with E-state index in [9.17, 15) is 5.11 Å². The number of aliphatic hydroxyl groups excluding tert-OH is 1. The van der Waals surface area contributed by atoms with Gasteiger partial charge in [-0.25, -0.2) is 0 Å². The van der Waals surface area contributed by atoms with Crippen molar-refractivity contribution in [2.75, 3.05) is 11.9 Å². The third kappa shape index (κ3) is 3.62. The van der Waals surface area contributed by atoms with Gasteiger partial charge >= 0.3 is 0 Å². The summed E-state index contributed by atoms with van der Waals surface area (Å²) in [6.07, 6.45) is 0.318. The summed E-state index contributed by atoms with van der Waals surface area (Å²) >= 11 is 3.50. The fraction of sp³-hybridized carbons (Fsp3) is 0.294. The molecule has 2 aromatic rings. The molecular formula is C17H20BrNO. The molecule has 0 saturated carbocycles. The van der Waals surface area contributed by atoms with E-state index < -0.39 is 6.10 Å². The van der Waals surface area contributed by atoms with E-state index in [1.54, 1.807) is 0 Å². The number of benzene rings is 2. The molecule has 1 N–H and O–H groups in total. The second-order valence-corrected chi connectivity index (χ2v) is 5.88. The van der Waals surface area contributed by atoms with Crippen molar-refractivity contribution in [2.24, 2.45) is 0 Å². The summed E-state index contributed by atoms with van der Waals surface area (Å²) in [5, 5.41) is 10.1. The van der Waals surface area contributed by atoms with Crippen molar-refractivity contribution >= 4 is 21.6 Å². The lowest BCUT2D eigenvalue weighted by molar-refractivity contribution is 0.174. The van der Waals surface area contributed by atoms with Crippen molar-refractivity contribution in [1.82, 2.24) is 0 Å². The molecule has 0 amide bonds. The van der Waals surface area contributed by atoms with E-state index in [0.29, 0.717) is 0 Å². The van der Waals surface area contributed by atoms with Crippen molar-refractivity contribution < 1.29 is 5.11 Å². The van der Waals surface area contributed by atoms with E-state index in [4.69, 9.17) is 0 Å². The second kappa shape index (κ2) is 6.91. The van der Waals surface area contributed by atoms with Crippen LogP contribution in [0.2, 0.25) is 0 Å². The number of nitrogens with zero attached hydrogens (tertiary/aromatic N) is 1. The third-order valence-electron chi connectivity index (χ3n) is 3.40. The lowest BCUT2D eigenvalue weighted by atomic mass is 10.0. The zero-order valence-electron chi connectivity index (χ0n) is 11.9. The molecule has 106 valence electrons. The molecule has 2 nitrogen and oxygen atoms in total. The first-order valence-corrected chi connectivity index (χ1v) is 7.63. The average Bonchev–Trinajstić information content (AvgIpc) is 2.46. The molecule has 0 spiro atoms. The van der Waals surface area contributed by atoms with Crippen molar-refractivity contribution in [2.45, 2.75) is 26.0 Å². The number of para-hydroxylation sites is 1. The molecule has 0 saturated heterocycles. The van der Waals surface area contributed by atoms with Crippen molar-refractivity contribution in [3.63, 3.8) is 0 Å². The van der Waals surface area contributed by atoms with Crippen LogP contribution in [0.25, 0.3) is 0 Å². The van der Waals surface area contributed by atoms with E-state index in [1.165, 1.54) is 5.56 Å². The van der Waals surface area contributed by atoms with Crippen LogP contribution in [0.1, 0.15) is 30.6 Å². The lowest BCUT2D eigenvalue weighted by Crippen LogP contribution is -2.18. The van der Waals surface area contributed by atoms with E-state index in [2.05, 4.69) is 46.1 Å². The quantitative estimate of drug-likeness (QED) is 0.868. The zero-order chi connectivity index (χ0) is 14.5. The van der Waals surface area contributed by atoms with Gasteiger partial charge in [0.2, 0.25) is 0 Å². The van der Waals surface area contributed by atoms with Gasteiger partial charge in [-0.3, -0.25) is 0 Å². The fourth-order valence-electron chi connectivity index (χ4n) is 2.33. The van der Waals surface area contributed by atoms with E-state index in [-0.39, 0.29) is 0 Å². The van der Waals surface area contributed by atoms with Crippen LogP contribution in [-0.4, -0.2) is 12.2 Å². The Labute approximate surface area is 129 Å². The standard InChI is InChI=1S/C17H20BrNO/c1-3-17(20)15-9-4-5-10-16(15)19(2)12-13-7-6-8-14(18)11-13/h4-11,17,20H,3,12H2,1-2H3/t17-/m0/s1. The summed E-state index contributed by atoms with van der Waals surface area (Å²) in [6.45, 7) is 2.81. The average molecular weight is 334 g/mol. The molecular weight excluding hydrogens is 314 g/mol. The van der Waals surface area contributed by atoms with Crippen LogP contribution in [0.5, 0.6) is 0 Å². The van der Waals surface area contributed by atoms with Gasteiger partial charge in [-0.15, -0.1) is 0 Å². The molecule has 0 heterocycles. The first kappa shape index (κ1) is 15.1. The van der Waals surface area contributed by atoms with Crippen LogP contribution in [-0.2, 0) is 6.54 Å². The first-order valence-electron chi connectivity index (χ1n) is 6.84. The highest BCUT2D eigenvalue weighted by atomic mass is 79.9.